The van der Waals surface area contributed by atoms with Crippen molar-refractivity contribution >= 4 is 22.4 Å². The van der Waals surface area contributed by atoms with Crippen molar-refractivity contribution in [3.63, 3.8) is 0 Å². The number of anilines is 1. The monoisotopic (exact) mass is 474 g/mol. The van der Waals surface area contributed by atoms with E-state index in [1.165, 1.54) is 6.07 Å². The molecule has 0 saturated carbocycles. The summed E-state index contributed by atoms with van der Waals surface area (Å²) in [6, 6.07) is 17.3. The van der Waals surface area contributed by atoms with E-state index in [1.54, 1.807) is 24.3 Å². The van der Waals surface area contributed by atoms with Gasteiger partial charge in [-0.2, -0.15) is 0 Å². The van der Waals surface area contributed by atoms with Crippen molar-refractivity contribution in [1.29, 1.82) is 0 Å². The second kappa shape index (κ2) is 9.43. The molecule has 3 heterocycles. The molecule has 2 aromatic carbocycles. The number of piperazine rings is 1. The van der Waals surface area contributed by atoms with Gasteiger partial charge in [-0.25, -0.2) is 9.37 Å². The van der Waals surface area contributed by atoms with Gasteiger partial charge < -0.3 is 14.4 Å². The molecule has 1 amide bonds. The number of thiazole rings is 1. The molecule has 5 nitrogen and oxygen atoms in total. The van der Waals surface area contributed by atoms with Crippen LogP contribution in [0.3, 0.4) is 0 Å². The highest BCUT2D eigenvalue weighted by Gasteiger charge is 2.23. The van der Waals surface area contributed by atoms with Gasteiger partial charge in [0.2, 0.25) is 5.91 Å². The summed E-state index contributed by atoms with van der Waals surface area (Å²) >= 11 is 1.65. The molecule has 0 bridgehead atoms. The van der Waals surface area contributed by atoms with Gasteiger partial charge >= 0.3 is 0 Å². The van der Waals surface area contributed by atoms with Crippen LogP contribution in [-0.2, 0) is 11.3 Å². The molecule has 7 heteroatoms. The van der Waals surface area contributed by atoms with Crippen LogP contribution in [0.4, 0.5) is 9.52 Å². The topological polar surface area (TPSA) is 41.4 Å². The average Bonchev–Trinajstić information content (AvgIpc) is 3.48. The van der Waals surface area contributed by atoms with E-state index in [9.17, 15) is 9.18 Å². The zero-order chi connectivity index (χ0) is 23.7. The summed E-state index contributed by atoms with van der Waals surface area (Å²) in [5.41, 5.74) is 5.57. The Kier molecular flexibility index (Phi) is 6.20. The Hall–Kier alpha value is -3.45. The molecule has 5 rings (SSSR count). The number of nitrogens with zero attached hydrogens (tertiary/aromatic N) is 4. The quantitative estimate of drug-likeness (QED) is 0.390. The van der Waals surface area contributed by atoms with Gasteiger partial charge in [0, 0.05) is 49.0 Å². The van der Waals surface area contributed by atoms with Crippen molar-refractivity contribution in [1.82, 2.24) is 14.5 Å². The van der Waals surface area contributed by atoms with Crippen LogP contribution in [0.2, 0.25) is 0 Å². The summed E-state index contributed by atoms with van der Waals surface area (Å²) in [5, 5.41) is 3.09. The maximum Gasteiger partial charge on any atom is 0.242 e. The molecule has 1 fully saturated rings. The summed E-state index contributed by atoms with van der Waals surface area (Å²) < 4.78 is 15.8. The van der Waals surface area contributed by atoms with Crippen LogP contribution in [0, 0.1) is 19.7 Å². The molecule has 34 heavy (non-hydrogen) atoms. The number of aryl methyl sites for hydroxylation is 2. The third-order valence-electron chi connectivity index (χ3n) is 6.27. The molecule has 0 unspecified atom stereocenters. The van der Waals surface area contributed by atoms with Gasteiger partial charge in [-0.05, 0) is 48.7 Å². The van der Waals surface area contributed by atoms with Crippen molar-refractivity contribution < 1.29 is 9.18 Å². The molecule has 0 spiro atoms. The maximum absolute atomic E-state index is 13.8. The highest BCUT2D eigenvalue weighted by atomic mass is 32.1. The SMILES string of the molecule is Cc1csc(N2CCN(C(=O)Cn3cc(-c4ccc(F)c(C)c4)cc3-c3ccccc3)CC2)n1. The van der Waals surface area contributed by atoms with Gasteiger partial charge in [0.1, 0.15) is 12.4 Å². The molecule has 174 valence electrons. The minimum atomic E-state index is -0.214. The van der Waals surface area contributed by atoms with E-state index in [-0.39, 0.29) is 18.3 Å². The van der Waals surface area contributed by atoms with E-state index in [0.29, 0.717) is 18.7 Å². The summed E-state index contributed by atoms with van der Waals surface area (Å²) in [6.07, 6.45) is 2.00. The van der Waals surface area contributed by atoms with Gasteiger partial charge in [-0.1, -0.05) is 36.4 Å². The Bertz CT molecular complexity index is 1310. The lowest BCUT2D eigenvalue weighted by atomic mass is 10.0. The lowest BCUT2D eigenvalue weighted by Crippen LogP contribution is -2.49. The first kappa shape index (κ1) is 22.3. The number of hydrogen-bond acceptors (Lipinski definition) is 4. The van der Waals surface area contributed by atoms with Gasteiger partial charge in [-0.15, -0.1) is 11.3 Å². The molecule has 0 atom stereocenters. The number of amides is 1. The van der Waals surface area contributed by atoms with Crippen LogP contribution >= 0.6 is 11.3 Å². The van der Waals surface area contributed by atoms with E-state index in [4.69, 9.17) is 0 Å². The van der Waals surface area contributed by atoms with Crippen molar-refractivity contribution in [2.75, 3.05) is 31.1 Å². The first-order chi connectivity index (χ1) is 16.5. The predicted molar refractivity (Wildman–Crippen MR) is 136 cm³/mol. The van der Waals surface area contributed by atoms with Crippen molar-refractivity contribution in [3.05, 3.63) is 83.2 Å². The lowest BCUT2D eigenvalue weighted by Gasteiger charge is -2.34. The molecular weight excluding hydrogens is 447 g/mol. The van der Waals surface area contributed by atoms with E-state index in [1.807, 2.05) is 59.0 Å². The summed E-state index contributed by atoms with van der Waals surface area (Å²) in [5.74, 6) is -0.113. The zero-order valence-electron chi connectivity index (χ0n) is 19.4. The number of rotatable bonds is 5. The summed E-state index contributed by atoms with van der Waals surface area (Å²) in [7, 11) is 0. The number of aromatic nitrogens is 2. The van der Waals surface area contributed by atoms with Gasteiger partial charge in [0.25, 0.3) is 0 Å². The van der Waals surface area contributed by atoms with E-state index in [0.717, 1.165) is 46.3 Å². The van der Waals surface area contributed by atoms with Gasteiger partial charge in [-0.3, -0.25) is 4.79 Å². The Morgan fingerprint density at radius 2 is 1.74 bits per heavy atom. The first-order valence-electron chi connectivity index (χ1n) is 11.4. The zero-order valence-corrected chi connectivity index (χ0v) is 20.2. The van der Waals surface area contributed by atoms with Crippen LogP contribution in [0.25, 0.3) is 22.4 Å². The van der Waals surface area contributed by atoms with Crippen molar-refractivity contribution in [2.24, 2.45) is 0 Å². The first-order valence-corrected chi connectivity index (χ1v) is 12.3. The van der Waals surface area contributed by atoms with Crippen LogP contribution in [0.1, 0.15) is 11.3 Å². The average molecular weight is 475 g/mol. The van der Waals surface area contributed by atoms with E-state index in [2.05, 4.69) is 21.3 Å². The number of carbonyl (C=O) groups is 1. The Labute approximate surface area is 203 Å². The molecule has 2 aromatic heterocycles. The Morgan fingerprint density at radius 1 is 0.971 bits per heavy atom. The smallest absolute Gasteiger partial charge is 0.242 e. The number of carbonyl (C=O) groups excluding carboxylic acids is 1. The largest absolute Gasteiger partial charge is 0.345 e. The number of halogens is 1. The van der Waals surface area contributed by atoms with Crippen LogP contribution in [0.15, 0.2) is 66.2 Å². The van der Waals surface area contributed by atoms with Crippen LogP contribution in [0.5, 0.6) is 0 Å². The van der Waals surface area contributed by atoms with Crippen molar-refractivity contribution in [2.45, 2.75) is 20.4 Å². The third kappa shape index (κ3) is 4.61. The van der Waals surface area contributed by atoms with Crippen LogP contribution < -0.4 is 4.90 Å². The van der Waals surface area contributed by atoms with E-state index >= 15 is 0 Å². The van der Waals surface area contributed by atoms with E-state index < -0.39 is 0 Å². The molecule has 0 N–H and O–H groups in total. The Balaban J connectivity index is 1.36. The molecule has 1 saturated heterocycles. The number of hydrogen-bond donors (Lipinski definition) is 0. The summed E-state index contributed by atoms with van der Waals surface area (Å²) in [6.45, 7) is 6.98. The summed E-state index contributed by atoms with van der Waals surface area (Å²) in [4.78, 5) is 22.0. The molecule has 0 radical (unpaired) electrons. The molecule has 0 aliphatic carbocycles. The molecule has 4 aromatic rings. The predicted octanol–water partition coefficient (Wildman–Crippen LogP) is 5.38. The normalized spacial score (nSPS) is 14.0. The second-order valence-corrected chi connectivity index (χ2v) is 9.55. The number of benzene rings is 2. The molecular formula is C27H27FN4OS. The maximum atomic E-state index is 13.8. The molecule has 1 aliphatic rings. The molecule has 1 aliphatic heterocycles. The fourth-order valence-electron chi connectivity index (χ4n) is 4.36. The fraction of sp³-hybridized carbons (Fsp3) is 0.259. The standard InChI is InChI=1S/C27H27FN4OS/c1-19-14-22(8-9-24(19)28)23-15-25(21-6-4-3-5-7-21)32(16-23)17-26(33)30-10-12-31(13-11-30)27-29-20(2)18-34-27/h3-9,14-16,18H,10-13,17H2,1-2H3. The second-order valence-electron chi connectivity index (χ2n) is 8.71. The minimum Gasteiger partial charge on any atom is -0.345 e. The third-order valence-corrected chi connectivity index (χ3v) is 7.29. The highest BCUT2D eigenvalue weighted by Crippen LogP contribution is 2.30. The minimum absolute atomic E-state index is 0.101. The van der Waals surface area contributed by atoms with Gasteiger partial charge in [0.15, 0.2) is 5.13 Å². The highest BCUT2D eigenvalue weighted by molar-refractivity contribution is 7.13. The van der Waals surface area contributed by atoms with Crippen molar-refractivity contribution in [3.8, 4) is 22.4 Å². The van der Waals surface area contributed by atoms with Gasteiger partial charge in [0.05, 0.1) is 5.69 Å². The lowest BCUT2D eigenvalue weighted by molar-refractivity contribution is -0.132. The van der Waals surface area contributed by atoms with Crippen LogP contribution in [-0.4, -0.2) is 46.5 Å². The Morgan fingerprint density at radius 3 is 2.41 bits per heavy atom. The fourth-order valence-corrected chi connectivity index (χ4v) is 5.21.